The molecule has 0 spiro atoms. The highest BCUT2D eigenvalue weighted by Gasteiger charge is 2.24. The monoisotopic (exact) mass is 558 g/mol. The number of piperidine rings is 1. The van der Waals surface area contributed by atoms with Gasteiger partial charge >= 0.3 is 0 Å². The Bertz CT molecular complexity index is 814. The molecule has 1 atom stereocenters. The number of phenols is 1. The Morgan fingerprint density at radius 3 is 2.41 bits per heavy atom. The Labute approximate surface area is 207 Å². The summed E-state index contributed by atoms with van der Waals surface area (Å²) in [5.74, 6) is 2.42. The third-order valence-electron chi connectivity index (χ3n) is 5.47. The van der Waals surface area contributed by atoms with Crippen LogP contribution in [0, 0.1) is 0 Å². The van der Waals surface area contributed by atoms with Crippen molar-refractivity contribution in [2.24, 2.45) is 4.99 Å². The number of hydrogen-bond acceptors (Lipinski definition) is 6. The fraction of sp³-hybridized carbons (Fsp3) is 0.522. The van der Waals surface area contributed by atoms with Crippen molar-refractivity contribution < 1.29 is 19.0 Å². The normalized spacial score (nSPS) is 15.5. The van der Waals surface area contributed by atoms with Gasteiger partial charge in [-0.15, -0.1) is 24.0 Å². The fourth-order valence-electron chi connectivity index (χ4n) is 3.87. The van der Waals surface area contributed by atoms with Crippen LogP contribution in [0.5, 0.6) is 17.2 Å². The van der Waals surface area contributed by atoms with E-state index in [1.807, 2.05) is 19.1 Å². The molecule has 1 aromatic heterocycles. The van der Waals surface area contributed by atoms with Crippen LogP contribution < -0.4 is 20.1 Å². The van der Waals surface area contributed by atoms with Gasteiger partial charge < -0.3 is 29.6 Å². The number of aliphatic imine (C=N–C) groups is 1. The third kappa shape index (κ3) is 6.93. The Hall–Kier alpha value is -2.14. The van der Waals surface area contributed by atoms with Crippen molar-refractivity contribution in [3.8, 4) is 17.2 Å². The van der Waals surface area contributed by atoms with Gasteiger partial charge in [-0.2, -0.15) is 0 Å². The average Bonchev–Trinajstić information content (AvgIpc) is 3.33. The van der Waals surface area contributed by atoms with Crippen LogP contribution in [0.4, 0.5) is 0 Å². The number of nitrogens with one attached hydrogen (secondary N) is 2. The lowest BCUT2D eigenvalue weighted by atomic mass is 10.1. The first kappa shape index (κ1) is 26.1. The van der Waals surface area contributed by atoms with Crippen LogP contribution in [0.2, 0.25) is 0 Å². The second-order valence-electron chi connectivity index (χ2n) is 7.55. The summed E-state index contributed by atoms with van der Waals surface area (Å²) in [4.78, 5) is 7.20. The number of halogens is 1. The predicted octanol–water partition coefficient (Wildman–Crippen LogP) is 3.90. The van der Waals surface area contributed by atoms with Crippen molar-refractivity contribution in [2.45, 2.75) is 38.8 Å². The van der Waals surface area contributed by atoms with E-state index in [0.29, 0.717) is 24.6 Å². The molecule has 8 nitrogen and oxygen atoms in total. The van der Waals surface area contributed by atoms with E-state index in [1.165, 1.54) is 33.5 Å². The van der Waals surface area contributed by atoms with Crippen LogP contribution in [-0.2, 0) is 6.54 Å². The molecule has 1 fully saturated rings. The quantitative estimate of drug-likeness (QED) is 0.244. The summed E-state index contributed by atoms with van der Waals surface area (Å²) in [6.45, 7) is 6.06. The van der Waals surface area contributed by atoms with Crippen molar-refractivity contribution in [3.63, 3.8) is 0 Å². The number of ether oxygens (including phenoxy) is 2. The molecule has 0 bridgehead atoms. The maximum atomic E-state index is 10.1. The van der Waals surface area contributed by atoms with Crippen LogP contribution in [0.25, 0.3) is 0 Å². The number of guanidine groups is 1. The van der Waals surface area contributed by atoms with E-state index >= 15 is 0 Å². The highest BCUT2D eigenvalue weighted by molar-refractivity contribution is 14.0. The van der Waals surface area contributed by atoms with Crippen molar-refractivity contribution in [1.82, 2.24) is 15.5 Å². The number of furan rings is 1. The summed E-state index contributed by atoms with van der Waals surface area (Å²) in [7, 11) is 3.03. The number of nitrogens with zero attached hydrogens (tertiary/aromatic N) is 2. The molecule has 0 amide bonds. The van der Waals surface area contributed by atoms with Crippen LogP contribution in [0.15, 0.2) is 39.9 Å². The highest BCUT2D eigenvalue weighted by Crippen LogP contribution is 2.37. The molecule has 2 aromatic rings. The lowest BCUT2D eigenvalue weighted by molar-refractivity contribution is 0.146. The molecule has 32 heavy (non-hydrogen) atoms. The molecule has 3 N–H and O–H groups in total. The molecular formula is C23H35IN4O4. The van der Waals surface area contributed by atoms with Crippen LogP contribution in [0.3, 0.4) is 0 Å². The number of rotatable bonds is 9. The van der Waals surface area contributed by atoms with Gasteiger partial charge in [0.1, 0.15) is 5.76 Å². The van der Waals surface area contributed by atoms with Gasteiger partial charge in [-0.3, -0.25) is 4.90 Å². The first-order valence-corrected chi connectivity index (χ1v) is 10.9. The van der Waals surface area contributed by atoms with E-state index < -0.39 is 0 Å². The third-order valence-corrected chi connectivity index (χ3v) is 5.47. The van der Waals surface area contributed by atoms with Crippen LogP contribution >= 0.6 is 24.0 Å². The van der Waals surface area contributed by atoms with Crippen LogP contribution in [-0.4, -0.2) is 56.4 Å². The second kappa shape index (κ2) is 13.4. The minimum Gasteiger partial charge on any atom is -0.502 e. The molecule has 0 radical (unpaired) electrons. The van der Waals surface area contributed by atoms with Gasteiger partial charge in [-0.05, 0) is 62.7 Å². The maximum Gasteiger partial charge on any atom is 0.200 e. The molecule has 1 aromatic carbocycles. The molecule has 1 aliphatic rings. The Kier molecular flexibility index (Phi) is 10.9. The van der Waals surface area contributed by atoms with E-state index in [0.717, 1.165) is 36.9 Å². The predicted molar refractivity (Wildman–Crippen MR) is 136 cm³/mol. The average molecular weight is 558 g/mol. The molecular weight excluding hydrogens is 523 g/mol. The Morgan fingerprint density at radius 2 is 1.84 bits per heavy atom. The van der Waals surface area contributed by atoms with Gasteiger partial charge in [0.05, 0.1) is 33.1 Å². The smallest absolute Gasteiger partial charge is 0.200 e. The SMILES string of the molecule is CCNC(=NCc1cc(OC)c(O)c(OC)c1)NCC(c1ccco1)N1CCCCC1.I. The second-order valence-corrected chi connectivity index (χ2v) is 7.55. The summed E-state index contributed by atoms with van der Waals surface area (Å²) in [5, 5.41) is 16.9. The van der Waals surface area contributed by atoms with Gasteiger partial charge in [-0.1, -0.05) is 6.42 Å². The number of methoxy groups -OCH3 is 2. The zero-order valence-corrected chi connectivity index (χ0v) is 21.4. The first-order chi connectivity index (χ1) is 15.2. The number of hydrogen-bond donors (Lipinski definition) is 3. The Morgan fingerprint density at radius 1 is 1.16 bits per heavy atom. The number of phenolic OH excluding ortho intramolecular Hbond substituents is 1. The molecule has 1 unspecified atom stereocenters. The molecule has 0 aliphatic carbocycles. The van der Waals surface area contributed by atoms with Crippen molar-refractivity contribution in [2.75, 3.05) is 40.4 Å². The van der Waals surface area contributed by atoms with Crippen LogP contribution in [0.1, 0.15) is 43.6 Å². The molecule has 3 rings (SSSR count). The van der Waals surface area contributed by atoms with E-state index in [-0.39, 0.29) is 35.8 Å². The summed E-state index contributed by atoms with van der Waals surface area (Å²) >= 11 is 0. The molecule has 9 heteroatoms. The molecule has 1 aliphatic heterocycles. The molecule has 178 valence electrons. The molecule has 2 heterocycles. The Balaban J connectivity index is 0.00000363. The van der Waals surface area contributed by atoms with E-state index in [4.69, 9.17) is 18.9 Å². The van der Waals surface area contributed by atoms with Gasteiger partial charge in [0.25, 0.3) is 0 Å². The lowest BCUT2D eigenvalue weighted by Crippen LogP contribution is -2.44. The molecule has 1 saturated heterocycles. The fourth-order valence-corrected chi connectivity index (χ4v) is 3.87. The number of benzene rings is 1. The summed E-state index contributed by atoms with van der Waals surface area (Å²) in [6, 6.07) is 7.68. The zero-order valence-electron chi connectivity index (χ0n) is 19.1. The molecule has 0 saturated carbocycles. The van der Waals surface area contributed by atoms with Gasteiger partial charge in [-0.25, -0.2) is 4.99 Å². The van der Waals surface area contributed by atoms with Crippen molar-refractivity contribution >= 4 is 29.9 Å². The van der Waals surface area contributed by atoms with Crippen molar-refractivity contribution in [3.05, 3.63) is 41.9 Å². The standard InChI is InChI=1S/C23H34N4O4.HI/c1-4-24-23(25-15-17-13-20(29-2)22(28)21(14-17)30-3)26-16-18(19-9-8-12-31-19)27-10-6-5-7-11-27;/h8-9,12-14,18,28H,4-7,10-11,15-16H2,1-3H3,(H2,24,25,26);1H. The van der Waals surface area contributed by atoms with Gasteiger partial charge in [0.15, 0.2) is 17.5 Å². The van der Waals surface area contributed by atoms with Gasteiger partial charge in [0, 0.05) is 13.1 Å². The summed E-state index contributed by atoms with van der Waals surface area (Å²) < 4.78 is 16.2. The van der Waals surface area contributed by atoms with Gasteiger partial charge in [0.2, 0.25) is 5.75 Å². The summed E-state index contributed by atoms with van der Waals surface area (Å²) in [6.07, 6.45) is 5.46. The summed E-state index contributed by atoms with van der Waals surface area (Å²) in [5.41, 5.74) is 0.877. The number of aromatic hydroxyl groups is 1. The van der Waals surface area contributed by atoms with E-state index in [9.17, 15) is 5.11 Å². The lowest BCUT2D eigenvalue weighted by Gasteiger charge is -2.33. The number of likely N-dealkylation sites (tertiary alicyclic amines) is 1. The van der Waals surface area contributed by atoms with Crippen molar-refractivity contribution in [1.29, 1.82) is 0 Å². The highest BCUT2D eigenvalue weighted by atomic mass is 127. The largest absolute Gasteiger partial charge is 0.502 e. The topological polar surface area (TPSA) is 91.5 Å². The minimum atomic E-state index is -0.00872. The minimum absolute atomic E-state index is 0. The van der Waals surface area contributed by atoms with E-state index in [1.54, 1.807) is 18.4 Å². The zero-order chi connectivity index (χ0) is 22.1. The maximum absolute atomic E-state index is 10.1. The first-order valence-electron chi connectivity index (χ1n) is 10.9. The van der Waals surface area contributed by atoms with E-state index in [2.05, 4.69) is 15.5 Å².